The highest BCUT2D eigenvalue weighted by atomic mass is 35.5. The fraction of sp³-hybridized carbons (Fsp3) is 0.364. The van der Waals surface area contributed by atoms with Crippen LogP contribution in [0, 0.1) is 0 Å². The molecule has 0 radical (unpaired) electrons. The van der Waals surface area contributed by atoms with Crippen LogP contribution in [-0.4, -0.2) is 39.4 Å². The molecule has 1 amide bonds. The Morgan fingerprint density at radius 3 is 2.55 bits per heavy atom. The number of benzene rings is 2. The molecule has 0 aromatic heterocycles. The maximum absolute atomic E-state index is 12.2. The molecule has 0 saturated heterocycles. The molecule has 0 aliphatic heterocycles. The van der Waals surface area contributed by atoms with E-state index in [0.29, 0.717) is 16.5 Å². The van der Waals surface area contributed by atoms with E-state index >= 15 is 0 Å². The fourth-order valence-corrected chi connectivity index (χ4v) is 3.37. The summed E-state index contributed by atoms with van der Waals surface area (Å²) < 4.78 is 15.6. The van der Waals surface area contributed by atoms with Gasteiger partial charge in [-0.25, -0.2) is 9.59 Å². The number of methoxy groups -OCH3 is 2. The first-order valence-electron chi connectivity index (χ1n) is 9.44. The van der Waals surface area contributed by atoms with Crippen LogP contribution >= 0.6 is 11.6 Å². The summed E-state index contributed by atoms with van der Waals surface area (Å²) in [5, 5.41) is 3.19. The molecular formula is C22H24ClNO5. The number of alkyl carbamates (subject to hydrolysis) is 1. The standard InChI is InChI=1S/C22H24ClNO5/c1-27-21(25)18-11-16(14-6-7-14)10-17(12-18)20(15-4-3-5-19(23)13-15)29-9-8-24-22(26)28-2/h3-5,10-14,20H,6-9H2,1-2H3,(H,24,26). The largest absolute Gasteiger partial charge is 0.465 e. The predicted molar refractivity (Wildman–Crippen MR) is 109 cm³/mol. The first-order valence-corrected chi connectivity index (χ1v) is 9.81. The van der Waals surface area contributed by atoms with Gasteiger partial charge in [-0.15, -0.1) is 0 Å². The lowest BCUT2D eigenvalue weighted by Crippen LogP contribution is -2.27. The van der Waals surface area contributed by atoms with E-state index in [0.717, 1.165) is 29.5 Å². The van der Waals surface area contributed by atoms with Crippen LogP contribution in [0.1, 0.15) is 51.9 Å². The Kier molecular flexibility index (Phi) is 7.12. The van der Waals surface area contributed by atoms with E-state index in [-0.39, 0.29) is 19.1 Å². The Bertz CT molecular complexity index is 881. The predicted octanol–water partition coefficient (Wildman–Crippen LogP) is 4.47. The van der Waals surface area contributed by atoms with Crippen LogP contribution in [0.15, 0.2) is 42.5 Å². The Morgan fingerprint density at radius 1 is 1.10 bits per heavy atom. The highest BCUT2D eigenvalue weighted by Gasteiger charge is 2.27. The summed E-state index contributed by atoms with van der Waals surface area (Å²) in [4.78, 5) is 23.5. The fourth-order valence-electron chi connectivity index (χ4n) is 3.17. The van der Waals surface area contributed by atoms with E-state index in [2.05, 4.69) is 16.1 Å². The number of esters is 1. The molecule has 6 nitrogen and oxygen atoms in total. The molecule has 0 heterocycles. The van der Waals surface area contributed by atoms with Gasteiger partial charge >= 0.3 is 12.1 Å². The van der Waals surface area contributed by atoms with Gasteiger partial charge in [-0.2, -0.15) is 0 Å². The number of ether oxygens (including phenoxy) is 3. The van der Waals surface area contributed by atoms with Gasteiger partial charge in [-0.05, 0) is 59.7 Å². The molecule has 154 valence electrons. The highest BCUT2D eigenvalue weighted by molar-refractivity contribution is 6.30. The van der Waals surface area contributed by atoms with Crippen molar-refractivity contribution < 1.29 is 23.8 Å². The highest BCUT2D eigenvalue weighted by Crippen LogP contribution is 2.42. The lowest BCUT2D eigenvalue weighted by Gasteiger charge is -2.21. The van der Waals surface area contributed by atoms with Crippen molar-refractivity contribution in [3.05, 3.63) is 69.7 Å². The first-order chi connectivity index (χ1) is 14.0. The van der Waals surface area contributed by atoms with Crippen molar-refractivity contribution in [2.75, 3.05) is 27.4 Å². The molecule has 1 atom stereocenters. The Labute approximate surface area is 175 Å². The Balaban J connectivity index is 1.91. The number of hydrogen-bond acceptors (Lipinski definition) is 5. The number of rotatable bonds is 8. The van der Waals surface area contributed by atoms with E-state index in [1.54, 1.807) is 12.1 Å². The van der Waals surface area contributed by atoms with Crippen LogP contribution in [-0.2, 0) is 14.2 Å². The summed E-state index contributed by atoms with van der Waals surface area (Å²) in [7, 11) is 2.68. The zero-order valence-corrected chi connectivity index (χ0v) is 17.2. The van der Waals surface area contributed by atoms with Gasteiger partial charge in [0.1, 0.15) is 6.10 Å². The van der Waals surface area contributed by atoms with Crippen molar-refractivity contribution in [1.29, 1.82) is 0 Å². The summed E-state index contributed by atoms with van der Waals surface area (Å²) in [6.07, 6.45) is 1.25. The molecule has 7 heteroatoms. The maximum atomic E-state index is 12.2. The van der Waals surface area contributed by atoms with Crippen molar-refractivity contribution in [2.24, 2.45) is 0 Å². The minimum atomic E-state index is -0.517. The van der Waals surface area contributed by atoms with Gasteiger partial charge in [-0.3, -0.25) is 0 Å². The molecule has 2 aromatic rings. The summed E-state index contributed by atoms with van der Waals surface area (Å²) in [6.45, 7) is 0.545. The van der Waals surface area contributed by atoms with Crippen LogP contribution in [0.4, 0.5) is 4.79 Å². The molecule has 1 saturated carbocycles. The molecule has 1 aliphatic rings. The average Bonchev–Trinajstić information content (AvgIpc) is 3.58. The second-order valence-electron chi connectivity index (χ2n) is 6.88. The van der Waals surface area contributed by atoms with Crippen LogP contribution in [0.2, 0.25) is 5.02 Å². The van der Waals surface area contributed by atoms with Gasteiger partial charge in [0.15, 0.2) is 0 Å². The zero-order chi connectivity index (χ0) is 20.8. The number of nitrogens with one attached hydrogen (secondary N) is 1. The van der Waals surface area contributed by atoms with Gasteiger partial charge in [0, 0.05) is 11.6 Å². The molecule has 1 N–H and O–H groups in total. The van der Waals surface area contributed by atoms with Gasteiger partial charge < -0.3 is 19.5 Å². The third-order valence-electron chi connectivity index (χ3n) is 4.74. The van der Waals surface area contributed by atoms with Crippen LogP contribution in [0.25, 0.3) is 0 Å². The second kappa shape index (κ2) is 9.76. The van der Waals surface area contributed by atoms with Gasteiger partial charge in [-0.1, -0.05) is 29.8 Å². The normalized spacial score (nSPS) is 14.2. The summed E-state index contributed by atoms with van der Waals surface area (Å²) >= 11 is 6.19. The van der Waals surface area contributed by atoms with E-state index in [1.807, 2.05) is 24.3 Å². The van der Waals surface area contributed by atoms with Crippen molar-refractivity contribution in [2.45, 2.75) is 24.9 Å². The minimum absolute atomic E-state index is 0.257. The monoisotopic (exact) mass is 417 g/mol. The number of carbonyl (C=O) groups is 2. The van der Waals surface area contributed by atoms with E-state index in [1.165, 1.54) is 14.2 Å². The molecule has 0 bridgehead atoms. The van der Waals surface area contributed by atoms with E-state index in [9.17, 15) is 9.59 Å². The first kappa shape index (κ1) is 21.1. The van der Waals surface area contributed by atoms with Crippen molar-refractivity contribution in [3.8, 4) is 0 Å². The Hall–Kier alpha value is -2.57. The molecular weight excluding hydrogens is 394 g/mol. The lowest BCUT2D eigenvalue weighted by atomic mass is 9.95. The molecule has 29 heavy (non-hydrogen) atoms. The topological polar surface area (TPSA) is 73.9 Å². The quantitative estimate of drug-likeness (QED) is 0.506. The van der Waals surface area contributed by atoms with E-state index in [4.69, 9.17) is 21.1 Å². The summed E-state index contributed by atoms with van der Waals surface area (Å²) in [5.74, 6) is 0.0744. The molecule has 1 fully saturated rings. The second-order valence-corrected chi connectivity index (χ2v) is 7.31. The molecule has 2 aromatic carbocycles. The Morgan fingerprint density at radius 2 is 1.90 bits per heavy atom. The third-order valence-corrected chi connectivity index (χ3v) is 4.98. The zero-order valence-electron chi connectivity index (χ0n) is 16.4. The van der Waals surface area contributed by atoms with Gasteiger partial charge in [0.25, 0.3) is 0 Å². The van der Waals surface area contributed by atoms with Gasteiger partial charge in [0.2, 0.25) is 0 Å². The lowest BCUT2D eigenvalue weighted by molar-refractivity contribution is 0.0598. The van der Waals surface area contributed by atoms with Gasteiger partial charge in [0.05, 0.1) is 26.4 Å². The van der Waals surface area contributed by atoms with Crippen LogP contribution < -0.4 is 5.32 Å². The summed E-state index contributed by atoms with van der Waals surface area (Å²) in [6, 6.07) is 13.2. The molecule has 1 unspecified atom stereocenters. The number of amides is 1. The average molecular weight is 418 g/mol. The van der Waals surface area contributed by atoms with Crippen molar-refractivity contribution >= 4 is 23.7 Å². The smallest absolute Gasteiger partial charge is 0.406 e. The third kappa shape index (κ3) is 5.71. The minimum Gasteiger partial charge on any atom is -0.465 e. The van der Waals surface area contributed by atoms with Crippen molar-refractivity contribution in [3.63, 3.8) is 0 Å². The molecule has 1 aliphatic carbocycles. The maximum Gasteiger partial charge on any atom is 0.406 e. The number of halogens is 1. The van der Waals surface area contributed by atoms with Crippen LogP contribution in [0.5, 0.6) is 0 Å². The van der Waals surface area contributed by atoms with Crippen LogP contribution in [0.3, 0.4) is 0 Å². The number of hydrogen-bond donors (Lipinski definition) is 1. The number of carbonyl (C=O) groups excluding carboxylic acids is 2. The summed E-state index contributed by atoms with van der Waals surface area (Å²) in [5.41, 5.74) is 3.30. The molecule has 0 spiro atoms. The molecule has 3 rings (SSSR count). The van der Waals surface area contributed by atoms with E-state index < -0.39 is 12.2 Å². The SMILES string of the molecule is COC(=O)NCCOC(c1cccc(Cl)c1)c1cc(C(=O)OC)cc(C2CC2)c1. The van der Waals surface area contributed by atoms with Crippen molar-refractivity contribution in [1.82, 2.24) is 5.32 Å².